The predicted molar refractivity (Wildman–Crippen MR) is 103 cm³/mol. The van der Waals surface area contributed by atoms with Gasteiger partial charge in [-0.05, 0) is 49.8 Å². The first-order valence-electron chi connectivity index (χ1n) is 8.09. The van der Waals surface area contributed by atoms with Crippen LogP contribution in [0.4, 0.5) is 0 Å². The van der Waals surface area contributed by atoms with Gasteiger partial charge in [-0.3, -0.25) is 4.79 Å². The summed E-state index contributed by atoms with van der Waals surface area (Å²) in [4.78, 5) is 24.2. The van der Waals surface area contributed by atoms with Gasteiger partial charge in [-0.1, -0.05) is 29.3 Å². The predicted octanol–water partition coefficient (Wildman–Crippen LogP) is 4.86. The maximum Gasteiger partial charge on any atom is 0.346 e. The summed E-state index contributed by atoms with van der Waals surface area (Å²) >= 11 is 12.1. The van der Waals surface area contributed by atoms with Crippen molar-refractivity contribution < 1.29 is 23.8 Å². The van der Waals surface area contributed by atoms with E-state index < -0.39 is 12.1 Å². The molecule has 0 aromatic heterocycles. The summed E-state index contributed by atoms with van der Waals surface area (Å²) in [5, 5.41) is 0.913. The second kappa shape index (κ2) is 7.62. The van der Waals surface area contributed by atoms with E-state index in [9.17, 15) is 9.59 Å². The lowest BCUT2D eigenvalue weighted by Crippen LogP contribution is -2.25. The zero-order valence-electron chi connectivity index (χ0n) is 14.8. The van der Waals surface area contributed by atoms with Gasteiger partial charge in [0.2, 0.25) is 5.78 Å². The van der Waals surface area contributed by atoms with Gasteiger partial charge in [-0.25, -0.2) is 4.79 Å². The Morgan fingerprint density at radius 3 is 2.63 bits per heavy atom. The number of ketones is 1. The Morgan fingerprint density at radius 1 is 1.22 bits per heavy atom. The van der Waals surface area contributed by atoms with Crippen LogP contribution in [-0.2, 0) is 9.53 Å². The van der Waals surface area contributed by atoms with Crippen molar-refractivity contribution in [3.05, 3.63) is 62.8 Å². The van der Waals surface area contributed by atoms with E-state index in [0.29, 0.717) is 38.2 Å². The number of hydrogen-bond acceptors (Lipinski definition) is 5. The van der Waals surface area contributed by atoms with Gasteiger partial charge in [0.15, 0.2) is 11.9 Å². The molecule has 0 radical (unpaired) electrons. The second-order valence-corrected chi connectivity index (χ2v) is 6.80. The SMILES string of the molecule is COC(=O)C(C)Oc1ccc2c(c1C)O/C(=C\c1ccc(Cl)cc1Cl)C2=O. The van der Waals surface area contributed by atoms with Crippen LogP contribution in [0.1, 0.15) is 28.4 Å². The van der Waals surface area contributed by atoms with Crippen LogP contribution in [0.3, 0.4) is 0 Å². The number of methoxy groups -OCH3 is 1. The van der Waals surface area contributed by atoms with Gasteiger partial charge in [-0.15, -0.1) is 0 Å². The summed E-state index contributed by atoms with van der Waals surface area (Å²) in [6, 6.07) is 8.21. The molecule has 0 N–H and O–H groups in total. The van der Waals surface area contributed by atoms with E-state index >= 15 is 0 Å². The number of fused-ring (bicyclic) bond motifs is 1. The van der Waals surface area contributed by atoms with E-state index in [1.165, 1.54) is 7.11 Å². The van der Waals surface area contributed by atoms with Crippen LogP contribution in [-0.4, -0.2) is 25.0 Å². The van der Waals surface area contributed by atoms with Crippen molar-refractivity contribution in [2.75, 3.05) is 7.11 Å². The lowest BCUT2D eigenvalue weighted by Gasteiger charge is -2.15. The third-order valence-electron chi connectivity index (χ3n) is 4.12. The van der Waals surface area contributed by atoms with Crippen molar-refractivity contribution in [1.82, 2.24) is 0 Å². The monoisotopic (exact) mass is 406 g/mol. The lowest BCUT2D eigenvalue weighted by atomic mass is 10.1. The topological polar surface area (TPSA) is 61.8 Å². The maximum absolute atomic E-state index is 12.6. The quantitative estimate of drug-likeness (QED) is 0.535. The Hall–Kier alpha value is -2.50. The number of carbonyl (C=O) groups excluding carboxylic acids is 2. The van der Waals surface area contributed by atoms with Crippen LogP contribution in [0, 0.1) is 6.92 Å². The summed E-state index contributed by atoms with van der Waals surface area (Å²) in [6.07, 6.45) is 0.782. The molecule has 0 aliphatic carbocycles. The zero-order valence-corrected chi connectivity index (χ0v) is 16.4. The fourth-order valence-electron chi connectivity index (χ4n) is 2.66. The number of Topliss-reactive ketones (excluding diaryl/α,β-unsaturated/α-hetero) is 1. The van der Waals surface area contributed by atoms with Crippen LogP contribution in [0.25, 0.3) is 6.08 Å². The zero-order chi connectivity index (χ0) is 19.7. The minimum atomic E-state index is -0.785. The largest absolute Gasteiger partial charge is 0.479 e. The molecular weight excluding hydrogens is 391 g/mol. The van der Waals surface area contributed by atoms with E-state index in [-0.39, 0.29) is 11.5 Å². The third-order valence-corrected chi connectivity index (χ3v) is 4.69. The van der Waals surface area contributed by atoms with Crippen molar-refractivity contribution in [1.29, 1.82) is 0 Å². The Kier molecular flexibility index (Phi) is 5.44. The number of rotatable bonds is 4. The molecule has 3 rings (SSSR count). The molecule has 1 atom stereocenters. The molecule has 2 aromatic carbocycles. The molecule has 0 spiro atoms. The van der Waals surface area contributed by atoms with Crippen LogP contribution in [0.2, 0.25) is 10.0 Å². The highest BCUT2D eigenvalue weighted by atomic mass is 35.5. The smallest absolute Gasteiger partial charge is 0.346 e. The second-order valence-electron chi connectivity index (χ2n) is 5.95. The lowest BCUT2D eigenvalue weighted by molar-refractivity contribution is -0.147. The van der Waals surface area contributed by atoms with Crippen LogP contribution in [0.5, 0.6) is 11.5 Å². The van der Waals surface area contributed by atoms with Crippen molar-refractivity contribution in [2.45, 2.75) is 20.0 Å². The first-order valence-corrected chi connectivity index (χ1v) is 8.84. The number of ether oxygens (including phenoxy) is 3. The van der Waals surface area contributed by atoms with Gasteiger partial charge >= 0.3 is 5.97 Å². The first kappa shape index (κ1) is 19.3. The highest BCUT2D eigenvalue weighted by Crippen LogP contribution is 2.40. The standard InChI is InChI=1S/C20H16Cl2O5/c1-10-16(26-11(2)20(24)25-3)7-6-14-18(23)17(27-19(10)14)8-12-4-5-13(21)9-15(12)22/h4-9,11H,1-3H3/b17-8-. The summed E-state index contributed by atoms with van der Waals surface area (Å²) < 4.78 is 16.1. The molecule has 27 heavy (non-hydrogen) atoms. The molecule has 2 aromatic rings. The van der Waals surface area contributed by atoms with Crippen LogP contribution >= 0.6 is 23.2 Å². The number of esters is 1. The molecule has 0 saturated heterocycles. The average Bonchev–Trinajstić information content (AvgIpc) is 2.95. The summed E-state index contributed by atoms with van der Waals surface area (Å²) in [5.41, 5.74) is 1.65. The Bertz CT molecular complexity index is 965. The molecule has 1 heterocycles. The number of carbonyl (C=O) groups is 2. The van der Waals surface area contributed by atoms with Crippen molar-refractivity contribution in [3.8, 4) is 11.5 Å². The summed E-state index contributed by atoms with van der Waals surface area (Å²) in [6.45, 7) is 3.34. The molecule has 0 fully saturated rings. The highest BCUT2D eigenvalue weighted by Gasteiger charge is 2.31. The maximum atomic E-state index is 12.6. The normalized spacial score (nSPS) is 15.3. The molecule has 0 amide bonds. The fourth-order valence-corrected chi connectivity index (χ4v) is 3.12. The van der Waals surface area contributed by atoms with Gasteiger partial charge in [0.05, 0.1) is 12.7 Å². The minimum Gasteiger partial charge on any atom is -0.479 e. The van der Waals surface area contributed by atoms with Crippen molar-refractivity contribution >= 4 is 41.0 Å². The Balaban J connectivity index is 1.92. The van der Waals surface area contributed by atoms with Crippen LogP contribution < -0.4 is 9.47 Å². The molecule has 5 nitrogen and oxygen atoms in total. The van der Waals surface area contributed by atoms with Gasteiger partial charge in [0.1, 0.15) is 11.5 Å². The minimum absolute atomic E-state index is 0.149. The number of benzene rings is 2. The average molecular weight is 407 g/mol. The molecule has 0 saturated carbocycles. The number of allylic oxidation sites excluding steroid dienone is 1. The van der Waals surface area contributed by atoms with Crippen molar-refractivity contribution in [2.24, 2.45) is 0 Å². The van der Waals surface area contributed by atoms with E-state index in [2.05, 4.69) is 4.74 Å². The van der Waals surface area contributed by atoms with E-state index in [4.69, 9.17) is 32.7 Å². The third kappa shape index (κ3) is 3.80. The number of hydrogen-bond donors (Lipinski definition) is 0. The van der Waals surface area contributed by atoms with E-state index in [0.717, 1.165) is 0 Å². The van der Waals surface area contributed by atoms with Crippen molar-refractivity contribution in [3.63, 3.8) is 0 Å². The molecule has 1 unspecified atom stereocenters. The van der Waals surface area contributed by atoms with Gasteiger partial charge in [-0.2, -0.15) is 0 Å². The van der Waals surface area contributed by atoms with E-state index in [1.807, 2.05) is 0 Å². The molecule has 140 valence electrons. The highest BCUT2D eigenvalue weighted by molar-refractivity contribution is 6.35. The van der Waals surface area contributed by atoms with Gasteiger partial charge in [0.25, 0.3) is 0 Å². The summed E-state index contributed by atoms with van der Waals surface area (Å²) in [7, 11) is 1.29. The van der Waals surface area contributed by atoms with E-state index in [1.54, 1.807) is 50.3 Å². The number of halogens is 2. The summed E-state index contributed by atoms with van der Waals surface area (Å²) in [5.74, 6) is 0.225. The molecular formula is C20H16Cl2O5. The van der Waals surface area contributed by atoms with Crippen LogP contribution in [0.15, 0.2) is 36.1 Å². The van der Waals surface area contributed by atoms with Gasteiger partial charge < -0.3 is 14.2 Å². The first-order chi connectivity index (χ1) is 12.8. The Morgan fingerprint density at radius 2 is 1.96 bits per heavy atom. The molecule has 0 bridgehead atoms. The molecule has 7 heteroatoms. The fraction of sp³-hybridized carbons (Fsp3) is 0.200. The Labute approximate surface area is 166 Å². The molecule has 1 aliphatic heterocycles. The molecule has 1 aliphatic rings. The van der Waals surface area contributed by atoms with Gasteiger partial charge in [0, 0.05) is 15.6 Å².